The first kappa shape index (κ1) is 16.3. The average molecular weight is 281 g/mol. The van der Waals surface area contributed by atoms with Crippen LogP contribution in [0, 0.1) is 5.92 Å². The molecule has 20 heavy (non-hydrogen) atoms. The zero-order valence-electron chi connectivity index (χ0n) is 13.9. The Kier molecular flexibility index (Phi) is 6.35. The molecular weight excluding hydrogens is 246 g/mol. The van der Waals surface area contributed by atoms with Crippen molar-refractivity contribution in [3.63, 3.8) is 0 Å². The van der Waals surface area contributed by atoms with Gasteiger partial charge in [-0.1, -0.05) is 33.6 Å². The monoisotopic (exact) mass is 281 g/mol. The molecule has 2 fully saturated rings. The minimum Gasteiger partial charge on any atom is -0.375 e. The van der Waals surface area contributed by atoms with Gasteiger partial charge in [0.2, 0.25) is 0 Å². The van der Waals surface area contributed by atoms with E-state index in [2.05, 4.69) is 26.1 Å². The van der Waals surface area contributed by atoms with E-state index in [-0.39, 0.29) is 5.60 Å². The Bertz CT molecular complexity index is 267. The number of nitrogens with one attached hydrogen (secondary N) is 1. The number of hydrogen-bond donors (Lipinski definition) is 1. The highest BCUT2D eigenvalue weighted by molar-refractivity contribution is 4.90. The lowest BCUT2D eigenvalue weighted by Crippen LogP contribution is -2.50. The molecule has 118 valence electrons. The Morgan fingerprint density at radius 2 is 1.65 bits per heavy atom. The minimum absolute atomic E-state index is 0.162. The highest BCUT2D eigenvalue weighted by atomic mass is 16.5. The first-order valence-corrected chi connectivity index (χ1v) is 9.11. The maximum atomic E-state index is 6.09. The molecular formula is C18H35NO. The third-order valence-electron chi connectivity index (χ3n) is 5.80. The summed E-state index contributed by atoms with van der Waals surface area (Å²) in [6.45, 7) is 7.83. The normalized spacial score (nSPS) is 34.0. The fourth-order valence-corrected chi connectivity index (χ4v) is 4.27. The Hall–Kier alpha value is -0.0800. The molecule has 0 spiro atoms. The van der Waals surface area contributed by atoms with Crippen LogP contribution in [0.25, 0.3) is 0 Å². The van der Waals surface area contributed by atoms with Crippen LogP contribution >= 0.6 is 0 Å². The van der Waals surface area contributed by atoms with Crippen LogP contribution in [-0.4, -0.2) is 24.3 Å². The van der Waals surface area contributed by atoms with Crippen molar-refractivity contribution in [2.45, 2.75) is 103 Å². The van der Waals surface area contributed by atoms with Gasteiger partial charge in [-0.3, -0.25) is 0 Å². The summed E-state index contributed by atoms with van der Waals surface area (Å²) >= 11 is 0. The minimum atomic E-state index is 0.162. The van der Waals surface area contributed by atoms with Crippen molar-refractivity contribution in [1.82, 2.24) is 5.32 Å². The predicted octanol–water partition coefficient (Wildman–Crippen LogP) is 4.67. The average Bonchev–Trinajstić information content (AvgIpc) is 2.50. The van der Waals surface area contributed by atoms with E-state index in [0.717, 1.165) is 31.4 Å². The molecule has 1 saturated carbocycles. The van der Waals surface area contributed by atoms with Crippen molar-refractivity contribution in [2.75, 3.05) is 6.61 Å². The van der Waals surface area contributed by atoms with Gasteiger partial charge in [0.1, 0.15) is 0 Å². The van der Waals surface area contributed by atoms with E-state index in [1.165, 1.54) is 51.4 Å². The Morgan fingerprint density at radius 3 is 2.25 bits per heavy atom. The summed E-state index contributed by atoms with van der Waals surface area (Å²) in [5, 5.41) is 3.96. The molecule has 0 aromatic carbocycles. The van der Waals surface area contributed by atoms with Crippen molar-refractivity contribution >= 4 is 0 Å². The largest absolute Gasteiger partial charge is 0.375 e. The fraction of sp³-hybridized carbons (Fsp3) is 1.00. The topological polar surface area (TPSA) is 21.3 Å². The molecule has 2 heteroatoms. The second-order valence-electron chi connectivity index (χ2n) is 7.10. The molecule has 0 aromatic heterocycles. The van der Waals surface area contributed by atoms with Crippen LogP contribution in [0.3, 0.4) is 0 Å². The van der Waals surface area contributed by atoms with Gasteiger partial charge < -0.3 is 10.1 Å². The van der Waals surface area contributed by atoms with Crippen molar-refractivity contribution in [3.8, 4) is 0 Å². The van der Waals surface area contributed by atoms with Gasteiger partial charge in [-0.05, 0) is 57.3 Å². The van der Waals surface area contributed by atoms with E-state index in [1.807, 2.05) is 0 Å². The van der Waals surface area contributed by atoms with Gasteiger partial charge in [0, 0.05) is 18.7 Å². The number of hydrogen-bond acceptors (Lipinski definition) is 2. The molecule has 0 bridgehead atoms. The third kappa shape index (κ3) is 4.21. The zero-order chi connectivity index (χ0) is 14.4. The van der Waals surface area contributed by atoms with Crippen LogP contribution in [0.2, 0.25) is 0 Å². The summed E-state index contributed by atoms with van der Waals surface area (Å²) in [5.41, 5.74) is 0.162. The SMILES string of the molecule is CCCC1CCC(NC2CCOC(CC)(CC)C2)CC1. The predicted molar refractivity (Wildman–Crippen MR) is 86.1 cm³/mol. The molecule has 2 nitrogen and oxygen atoms in total. The van der Waals surface area contributed by atoms with E-state index >= 15 is 0 Å². The highest BCUT2D eigenvalue weighted by Gasteiger charge is 2.35. The van der Waals surface area contributed by atoms with E-state index in [9.17, 15) is 0 Å². The van der Waals surface area contributed by atoms with E-state index < -0.39 is 0 Å². The lowest BCUT2D eigenvalue weighted by molar-refractivity contribution is -0.0945. The van der Waals surface area contributed by atoms with Gasteiger partial charge in [-0.25, -0.2) is 0 Å². The van der Waals surface area contributed by atoms with Gasteiger partial charge in [0.15, 0.2) is 0 Å². The molecule has 0 radical (unpaired) electrons. The van der Waals surface area contributed by atoms with E-state index in [0.29, 0.717) is 6.04 Å². The maximum Gasteiger partial charge on any atom is 0.0692 e. The summed E-state index contributed by atoms with van der Waals surface area (Å²) < 4.78 is 6.09. The van der Waals surface area contributed by atoms with Crippen LogP contribution in [0.4, 0.5) is 0 Å². The second kappa shape index (κ2) is 7.79. The van der Waals surface area contributed by atoms with Gasteiger partial charge >= 0.3 is 0 Å². The van der Waals surface area contributed by atoms with Crippen molar-refractivity contribution in [1.29, 1.82) is 0 Å². The first-order chi connectivity index (χ1) is 9.71. The first-order valence-electron chi connectivity index (χ1n) is 9.11. The molecule has 1 aliphatic heterocycles. The van der Waals surface area contributed by atoms with Crippen LogP contribution in [-0.2, 0) is 4.74 Å². The van der Waals surface area contributed by atoms with Gasteiger partial charge in [-0.15, -0.1) is 0 Å². The van der Waals surface area contributed by atoms with E-state index in [1.54, 1.807) is 0 Å². The second-order valence-corrected chi connectivity index (χ2v) is 7.10. The molecule has 1 aliphatic carbocycles. The highest BCUT2D eigenvalue weighted by Crippen LogP contribution is 2.33. The smallest absolute Gasteiger partial charge is 0.0692 e. The summed E-state index contributed by atoms with van der Waals surface area (Å²) in [6.07, 6.45) is 13.2. The third-order valence-corrected chi connectivity index (χ3v) is 5.80. The van der Waals surface area contributed by atoms with Crippen molar-refractivity contribution in [3.05, 3.63) is 0 Å². The quantitative estimate of drug-likeness (QED) is 0.763. The Morgan fingerprint density at radius 1 is 0.950 bits per heavy atom. The molecule has 1 atom stereocenters. The summed E-state index contributed by atoms with van der Waals surface area (Å²) in [4.78, 5) is 0. The van der Waals surface area contributed by atoms with Gasteiger partial charge in [0.25, 0.3) is 0 Å². The van der Waals surface area contributed by atoms with Crippen molar-refractivity contribution < 1.29 is 4.74 Å². The molecule has 1 unspecified atom stereocenters. The van der Waals surface area contributed by atoms with Crippen LogP contribution in [0.5, 0.6) is 0 Å². The molecule has 1 heterocycles. The van der Waals surface area contributed by atoms with Crippen LogP contribution < -0.4 is 5.32 Å². The molecule has 1 saturated heterocycles. The van der Waals surface area contributed by atoms with E-state index in [4.69, 9.17) is 4.74 Å². The lowest BCUT2D eigenvalue weighted by Gasteiger charge is -2.42. The lowest BCUT2D eigenvalue weighted by atomic mass is 9.81. The zero-order valence-corrected chi connectivity index (χ0v) is 13.9. The van der Waals surface area contributed by atoms with Crippen LogP contribution in [0.1, 0.15) is 85.0 Å². The maximum absolute atomic E-state index is 6.09. The fourth-order valence-electron chi connectivity index (χ4n) is 4.27. The standard InChI is InChI=1S/C18H35NO/c1-4-7-15-8-10-16(11-9-15)19-17-12-13-20-18(5-2,6-3)14-17/h15-17,19H,4-14H2,1-3H3. The summed E-state index contributed by atoms with van der Waals surface area (Å²) in [6, 6.07) is 1.47. The Labute approximate surface area is 126 Å². The molecule has 2 aliphatic rings. The molecule has 0 amide bonds. The molecule has 2 rings (SSSR count). The Balaban J connectivity index is 1.76. The molecule has 0 aromatic rings. The summed E-state index contributed by atoms with van der Waals surface area (Å²) in [7, 11) is 0. The summed E-state index contributed by atoms with van der Waals surface area (Å²) in [5.74, 6) is 1.01. The number of ether oxygens (including phenoxy) is 1. The van der Waals surface area contributed by atoms with Gasteiger partial charge in [-0.2, -0.15) is 0 Å². The van der Waals surface area contributed by atoms with Crippen molar-refractivity contribution in [2.24, 2.45) is 5.92 Å². The molecule has 1 N–H and O–H groups in total. The number of rotatable bonds is 6. The van der Waals surface area contributed by atoms with Crippen LogP contribution in [0.15, 0.2) is 0 Å². The van der Waals surface area contributed by atoms with Gasteiger partial charge in [0.05, 0.1) is 5.60 Å².